The first kappa shape index (κ1) is 23.4. The molecule has 6 heteroatoms. The summed E-state index contributed by atoms with van der Waals surface area (Å²) in [5.41, 5.74) is 14.8. The van der Waals surface area contributed by atoms with Crippen LogP contribution in [0.2, 0.25) is 0 Å². The molecule has 5 aromatic rings. The van der Waals surface area contributed by atoms with Crippen molar-refractivity contribution in [3.8, 4) is 34.1 Å². The van der Waals surface area contributed by atoms with E-state index in [1.54, 1.807) is 24.3 Å². The molecular formula is C30H25N2O3P. The van der Waals surface area contributed by atoms with Crippen LogP contribution in [0.25, 0.3) is 11.1 Å². The Kier molecular flexibility index (Phi) is 6.85. The summed E-state index contributed by atoms with van der Waals surface area (Å²) in [6.07, 6.45) is 0. The second-order valence-corrected chi connectivity index (χ2v) is 9.81. The molecule has 5 N–H and O–H groups in total. The average molecular weight is 493 g/mol. The Hall–Kier alpha value is -4.31. The highest BCUT2D eigenvalue weighted by Crippen LogP contribution is 2.37. The van der Waals surface area contributed by atoms with Gasteiger partial charge in [-0.25, -0.2) is 0 Å². The average Bonchev–Trinajstić information content (AvgIpc) is 2.92. The molecule has 0 aliphatic rings. The van der Waals surface area contributed by atoms with Gasteiger partial charge < -0.3 is 25.8 Å². The molecule has 0 heterocycles. The maximum absolute atomic E-state index is 11.4. The Balaban J connectivity index is 1.42. The molecule has 5 nitrogen and oxygen atoms in total. The summed E-state index contributed by atoms with van der Waals surface area (Å²) < 4.78 is 12.0. The van der Waals surface area contributed by atoms with E-state index in [-0.39, 0.29) is 0 Å². The smallest absolute Gasteiger partial charge is 0.128 e. The Morgan fingerprint density at radius 3 is 1.56 bits per heavy atom. The minimum atomic E-state index is -1.61. The van der Waals surface area contributed by atoms with Crippen LogP contribution in [0, 0.1) is 0 Å². The molecule has 0 radical (unpaired) electrons. The van der Waals surface area contributed by atoms with Crippen LogP contribution >= 0.6 is 8.15 Å². The van der Waals surface area contributed by atoms with Crippen molar-refractivity contribution in [3.63, 3.8) is 0 Å². The summed E-state index contributed by atoms with van der Waals surface area (Å²) in [5.74, 6) is 2.76. The summed E-state index contributed by atoms with van der Waals surface area (Å²) in [6.45, 7) is 0. The van der Waals surface area contributed by atoms with Gasteiger partial charge in [-0.1, -0.05) is 30.3 Å². The number of anilines is 2. The number of rotatable bonds is 7. The molecule has 0 spiro atoms. The zero-order valence-electron chi connectivity index (χ0n) is 19.4. The van der Waals surface area contributed by atoms with Crippen LogP contribution in [0.1, 0.15) is 0 Å². The Bertz CT molecular complexity index is 1440. The number of benzene rings is 5. The predicted molar refractivity (Wildman–Crippen MR) is 149 cm³/mol. The molecule has 0 aromatic heterocycles. The molecule has 1 unspecified atom stereocenters. The number of nitrogen functional groups attached to an aromatic ring is 2. The highest BCUT2D eigenvalue weighted by Gasteiger charge is 2.18. The lowest BCUT2D eigenvalue weighted by Gasteiger charge is -2.18. The minimum Gasteiger partial charge on any atom is -0.457 e. The molecule has 0 aliphatic carbocycles. The van der Waals surface area contributed by atoms with Crippen LogP contribution in [0.3, 0.4) is 0 Å². The van der Waals surface area contributed by atoms with Gasteiger partial charge in [0.05, 0.1) is 8.15 Å². The molecule has 0 amide bonds. The van der Waals surface area contributed by atoms with E-state index in [9.17, 15) is 4.89 Å². The fraction of sp³-hybridized carbons (Fsp3) is 0. The van der Waals surface area contributed by atoms with Gasteiger partial charge in [0, 0.05) is 22.0 Å². The third-order valence-electron chi connectivity index (χ3n) is 5.59. The topological polar surface area (TPSA) is 90.7 Å². The molecule has 0 saturated heterocycles. The summed E-state index contributed by atoms with van der Waals surface area (Å²) >= 11 is 0. The van der Waals surface area contributed by atoms with Gasteiger partial charge in [0.2, 0.25) is 0 Å². The monoisotopic (exact) mass is 492 g/mol. The number of hydrogen-bond acceptors (Lipinski definition) is 5. The minimum absolute atomic E-state index is 0.679. The molecule has 0 saturated carbocycles. The van der Waals surface area contributed by atoms with Crippen molar-refractivity contribution in [2.75, 3.05) is 11.5 Å². The van der Waals surface area contributed by atoms with E-state index in [2.05, 4.69) is 0 Å². The molecule has 36 heavy (non-hydrogen) atoms. The summed E-state index contributed by atoms with van der Waals surface area (Å²) in [5, 5.41) is 1.66. The highest BCUT2D eigenvalue weighted by molar-refractivity contribution is 7.67. The van der Waals surface area contributed by atoms with Crippen molar-refractivity contribution < 1.29 is 14.4 Å². The van der Waals surface area contributed by atoms with E-state index in [1.807, 2.05) is 97.1 Å². The molecule has 1 atom stereocenters. The first-order valence-corrected chi connectivity index (χ1v) is 12.7. The molecule has 5 rings (SSSR count). The van der Waals surface area contributed by atoms with Crippen LogP contribution in [-0.2, 0) is 0 Å². The van der Waals surface area contributed by atoms with Gasteiger partial charge in [0.15, 0.2) is 0 Å². The predicted octanol–water partition coefficient (Wildman–Crippen LogP) is 6.44. The van der Waals surface area contributed by atoms with E-state index in [0.29, 0.717) is 34.4 Å². The van der Waals surface area contributed by atoms with Crippen LogP contribution in [0.5, 0.6) is 23.0 Å². The Morgan fingerprint density at radius 2 is 1.00 bits per heavy atom. The van der Waals surface area contributed by atoms with Gasteiger partial charge >= 0.3 is 0 Å². The van der Waals surface area contributed by atoms with Crippen LogP contribution < -0.4 is 31.6 Å². The van der Waals surface area contributed by atoms with Crippen molar-refractivity contribution in [2.24, 2.45) is 0 Å². The first-order valence-electron chi connectivity index (χ1n) is 11.4. The third-order valence-corrected chi connectivity index (χ3v) is 7.23. The zero-order chi connectivity index (χ0) is 24.9. The lowest BCUT2D eigenvalue weighted by Crippen LogP contribution is -2.13. The summed E-state index contributed by atoms with van der Waals surface area (Å²) in [7, 11) is -1.61. The standard InChI is InChI=1S/C30H25N2O3P/c31-22-6-10-24(11-7-22)34-26-14-17-28(18-15-26)36(33)30-19-16-27(35-25-12-8-23(32)9-13-25)20-29(30)21-4-2-1-3-5-21/h1-20,33H,31-32H2. The Labute approximate surface area is 211 Å². The van der Waals surface area contributed by atoms with Gasteiger partial charge in [-0.15, -0.1) is 0 Å². The van der Waals surface area contributed by atoms with Crippen molar-refractivity contribution in [2.45, 2.75) is 0 Å². The molecule has 0 aliphatic heterocycles. The van der Waals surface area contributed by atoms with E-state index < -0.39 is 8.15 Å². The van der Waals surface area contributed by atoms with Crippen molar-refractivity contribution in [3.05, 3.63) is 121 Å². The maximum atomic E-state index is 11.4. The quantitative estimate of drug-likeness (QED) is 0.180. The first-order chi connectivity index (χ1) is 17.5. The molecule has 0 bridgehead atoms. The van der Waals surface area contributed by atoms with Crippen molar-refractivity contribution in [1.29, 1.82) is 0 Å². The molecule has 0 fully saturated rings. The van der Waals surface area contributed by atoms with Crippen molar-refractivity contribution >= 4 is 30.1 Å². The lowest BCUT2D eigenvalue weighted by atomic mass is 10.1. The van der Waals surface area contributed by atoms with Gasteiger partial charge in [-0.05, 0) is 102 Å². The SMILES string of the molecule is Nc1ccc(Oc2ccc(P(O)c3ccc(Oc4ccc(N)cc4)cc3-c3ccccc3)cc2)cc1. The largest absolute Gasteiger partial charge is 0.457 e. The number of ether oxygens (including phenoxy) is 2. The zero-order valence-corrected chi connectivity index (χ0v) is 20.3. The van der Waals surface area contributed by atoms with E-state index in [0.717, 1.165) is 21.7 Å². The lowest BCUT2D eigenvalue weighted by molar-refractivity contribution is 0.483. The van der Waals surface area contributed by atoms with E-state index >= 15 is 0 Å². The fourth-order valence-electron chi connectivity index (χ4n) is 3.75. The van der Waals surface area contributed by atoms with Gasteiger partial charge in [0.25, 0.3) is 0 Å². The van der Waals surface area contributed by atoms with Gasteiger partial charge in [-0.2, -0.15) is 0 Å². The number of nitrogens with two attached hydrogens (primary N) is 2. The maximum Gasteiger partial charge on any atom is 0.128 e. The van der Waals surface area contributed by atoms with Crippen LogP contribution in [0.15, 0.2) is 121 Å². The molecular weight excluding hydrogens is 467 g/mol. The van der Waals surface area contributed by atoms with Gasteiger partial charge in [0.1, 0.15) is 23.0 Å². The second kappa shape index (κ2) is 10.5. The second-order valence-electron chi connectivity index (χ2n) is 8.19. The van der Waals surface area contributed by atoms with Crippen LogP contribution in [-0.4, -0.2) is 4.89 Å². The summed E-state index contributed by atoms with van der Waals surface area (Å²) in [6, 6.07) is 37.8. The van der Waals surface area contributed by atoms with E-state index in [4.69, 9.17) is 20.9 Å². The van der Waals surface area contributed by atoms with E-state index in [1.165, 1.54) is 0 Å². The molecule has 5 aromatic carbocycles. The number of hydrogen-bond donors (Lipinski definition) is 3. The summed E-state index contributed by atoms with van der Waals surface area (Å²) in [4.78, 5) is 11.4. The van der Waals surface area contributed by atoms with Crippen molar-refractivity contribution in [1.82, 2.24) is 0 Å². The Morgan fingerprint density at radius 1 is 0.528 bits per heavy atom. The normalized spacial score (nSPS) is 11.6. The fourth-order valence-corrected chi connectivity index (χ4v) is 5.10. The highest BCUT2D eigenvalue weighted by atomic mass is 31.1. The third kappa shape index (κ3) is 5.49. The van der Waals surface area contributed by atoms with Crippen LogP contribution in [0.4, 0.5) is 11.4 Å². The van der Waals surface area contributed by atoms with Gasteiger partial charge in [-0.3, -0.25) is 0 Å². The molecule has 178 valence electrons.